The summed E-state index contributed by atoms with van der Waals surface area (Å²) in [5.41, 5.74) is 8.69. The molecule has 226 valence electrons. The molecule has 10 nitrogen and oxygen atoms in total. The Kier molecular flexibility index (Phi) is 9.83. The molecule has 0 amide bonds. The lowest BCUT2D eigenvalue weighted by Crippen LogP contribution is -2.22. The van der Waals surface area contributed by atoms with E-state index in [2.05, 4.69) is 31.8 Å². The zero-order valence-electron chi connectivity index (χ0n) is 26.8. The van der Waals surface area contributed by atoms with Crippen LogP contribution in [0.25, 0.3) is 5.32 Å². The highest BCUT2D eigenvalue weighted by Gasteiger charge is 2.36. The highest BCUT2D eigenvalue weighted by molar-refractivity contribution is 6.47. The second-order valence-electron chi connectivity index (χ2n) is 10.4. The van der Waals surface area contributed by atoms with Crippen molar-refractivity contribution < 1.29 is 18.4 Å². The van der Waals surface area contributed by atoms with Crippen molar-refractivity contribution in [3.05, 3.63) is 117 Å². The molecule has 0 N–H and O–H groups in total. The molecule has 3 heterocycles. The molecule has 10 heteroatoms. The molecule has 0 saturated carbocycles. The van der Waals surface area contributed by atoms with E-state index < -0.39 is 12.1 Å². The summed E-state index contributed by atoms with van der Waals surface area (Å²) in [6.07, 6.45) is 9.41. The highest BCUT2D eigenvalue weighted by atomic mass is 16.5. The number of hydrogen-bond donors (Lipinski definition) is 0. The van der Waals surface area contributed by atoms with Gasteiger partial charge in [0.1, 0.15) is 6.26 Å². The smallest absolute Gasteiger partial charge is 0.449 e. The first-order chi connectivity index (χ1) is 20.9. The fourth-order valence-corrected chi connectivity index (χ4v) is 4.49. The minimum atomic E-state index is -0.608. The largest absolute Gasteiger partial charge is 0.655 e. The molecule has 0 spiro atoms. The van der Waals surface area contributed by atoms with E-state index in [1.54, 1.807) is 18.2 Å². The molecule has 1 unspecified atom stereocenters. The predicted molar refractivity (Wildman–Crippen MR) is 170 cm³/mol. The Morgan fingerprint density at radius 2 is 1.68 bits per heavy atom. The number of carbonyl (C=O) groups is 1. The van der Waals surface area contributed by atoms with Gasteiger partial charge in [0.15, 0.2) is 5.69 Å². The van der Waals surface area contributed by atoms with Crippen molar-refractivity contribution in [2.24, 2.45) is 4.99 Å². The number of allylic oxidation sites excluding steroid dienone is 4. The second-order valence-corrected chi connectivity index (χ2v) is 10.4. The van der Waals surface area contributed by atoms with Gasteiger partial charge in [0, 0.05) is 19.6 Å². The lowest BCUT2D eigenvalue weighted by atomic mass is 10.0. The van der Waals surface area contributed by atoms with Crippen molar-refractivity contribution in [3.8, 4) is 0 Å². The van der Waals surface area contributed by atoms with Crippen LogP contribution in [0.3, 0.4) is 0 Å². The van der Waals surface area contributed by atoms with Gasteiger partial charge in [-0.25, -0.2) is 23.6 Å². The van der Waals surface area contributed by atoms with Gasteiger partial charge in [0.2, 0.25) is 0 Å². The van der Waals surface area contributed by atoms with Gasteiger partial charge >= 0.3 is 30.2 Å². The van der Waals surface area contributed by atoms with Crippen LogP contribution in [-0.2, 0) is 25.0 Å². The summed E-state index contributed by atoms with van der Waals surface area (Å²) in [4.78, 5) is 36.2. The van der Waals surface area contributed by atoms with Crippen LogP contribution in [0.2, 0.25) is 0 Å². The molecule has 1 aliphatic heterocycles. The minimum absolute atomic E-state index is 0.103. The summed E-state index contributed by atoms with van der Waals surface area (Å²) in [5, 5.41) is 4.40. The quantitative estimate of drug-likeness (QED) is 0.0967. The van der Waals surface area contributed by atoms with Crippen LogP contribution < -0.4 is 0 Å². The Balaban J connectivity index is 1.69. The highest BCUT2D eigenvalue weighted by Crippen LogP contribution is 2.28. The van der Waals surface area contributed by atoms with Gasteiger partial charge in [-0.15, -0.1) is 29.0 Å². The molecule has 2 aromatic heterocycles. The van der Waals surface area contributed by atoms with Crippen LogP contribution in [0.15, 0.2) is 64.8 Å². The first-order valence-electron chi connectivity index (χ1n) is 14.3. The van der Waals surface area contributed by atoms with Crippen molar-refractivity contribution in [2.45, 2.75) is 75.0 Å². The lowest BCUT2D eigenvalue weighted by molar-refractivity contribution is -0.510. The zero-order valence-corrected chi connectivity index (χ0v) is 26.8. The molecule has 1 atom stereocenters. The fraction of sp³-hybridized carbons (Fsp3) is 0.324. The maximum atomic E-state index is 13.1. The normalized spacial score (nSPS) is 19.2. The van der Waals surface area contributed by atoms with E-state index >= 15 is 0 Å². The van der Waals surface area contributed by atoms with E-state index in [1.165, 1.54) is 6.26 Å². The predicted octanol–water partition coefficient (Wildman–Crippen LogP) is 6.00. The Morgan fingerprint density at radius 3 is 2.39 bits per heavy atom. The van der Waals surface area contributed by atoms with Crippen molar-refractivity contribution in [1.29, 1.82) is 0 Å². The first-order valence-corrected chi connectivity index (χ1v) is 14.3. The summed E-state index contributed by atoms with van der Waals surface area (Å²) in [6.45, 7) is 21.1. The Morgan fingerprint density at radius 1 is 1.00 bits per heavy atom. The number of aliphatic imine (C=N–C) groups is 1. The van der Waals surface area contributed by atoms with E-state index in [1.807, 2.05) is 74.8 Å². The van der Waals surface area contributed by atoms with E-state index in [-0.39, 0.29) is 12.2 Å². The van der Waals surface area contributed by atoms with Gasteiger partial charge in [-0.2, -0.15) is 0 Å². The zero-order chi connectivity index (χ0) is 32.1. The van der Waals surface area contributed by atoms with Gasteiger partial charge in [-0.3, -0.25) is 9.98 Å². The molecule has 2 aliphatic rings. The molecule has 0 fully saturated rings. The van der Waals surface area contributed by atoms with Gasteiger partial charge in [-0.1, -0.05) is 0 Å². The Bertz CT molecular complexity index is 1740. The average Bonchev–Trinajstić information content (AvgIpc) is 2.99. The van der Waals surface area contributed by atoms with Gasteiger partial charge in [0.25, 0.3) is 11.4 Å². The fourth-order valence-electron chi connectivity index (χ4n) is 4.49. The number of nitrogens with zero attached hydrogens (tertiary/aromatic N) is 6. The maximum Gasteiger partial charge on any atom is 0.449 e. The molecule has 0 radical (unpaired) electrons. The number of hydrogen-bond acceptors (Lipinski definition) is 7. The molecular weight excluding hydrogens is 556 g/mol. The van der Waals surface area contributed by atoms with E-state index in [0.717, 1.165) is 39.9 Å². The third kappa shape index (κ3) is 7.14. The molecule has 0 bridgehead atoms. The number of esters is 1. The van der Waals surface area contributed by atoms with Gasteiger partial charge in [0.05, 0.1) is 58.3 Å². The summed E-state index contributed by atoms with van der Waals surface area (Å²) < 4.78 is 18.1. The van der Waals surface area contributed by atoms with Crippen molar-refractivity contribution in [1.82, 2.24) is 19.9 Å². The number of ether oxygens (including phenoxy) is 1. The standard InChI is InChI=1S/C34H38N6O4/c1-11-27-22(7)39-29(23(8)38-27)16-43-34(41)26-13-14-31(44-25(10)33-24(9)35-18(3)21(6)40-33)32(15-26)42-17-30-28(12-2)36-19(4)20(5)37-30/h11-16,25H,8,17H2,1-7,9-10H3/q+2. The number of ketones is 2. The molecule has 44 heavy (non-hydrogen) atoms. The molecule has 0 aromatic carbocycles. The van der Waals surface area contributed by atoms with Crippen LogP contribution in [-0.4, -0.2) is 43.2 Å². The third-order valence-corrected chi connectivity index (χ3v) is 7.19. The number of aryl methyl sites for hydroxylation is 5. The molecule has 0 saturated heterocycles. The molecule has 2 aromatic rings. The molecule has 1 aliphatic carbocycles. The SMILES string of the molecule is C=C1[N-]C(=CC)C(C)=NC1=COC(=O)C1=CC(=[O+]Cc2nc(C)c(C)nc2[CH+]C)C(=[O+]C(C)c2nc(C)c(C)nc2C)C=C1. The third-order valence-electron chi connectivity index (χ3n) is 7.19. The maximum absolute atomic E-state index is 13.1. The Labute approximate surface area is 258 Å². The molecule has 4 rings (SSSR count). The van der Waals surface area contributed by atoms with Crippen LogP contribution in [0.4, 0.5) is 0 Å². The number of rotatable bonds is 7. The number of carbonyl (C=O) groups excluding carboxylic acids is 3. The van der Waals surface area contributed by atoms with Crippen LogP contribution in [0, 0.1) is 41.0 Å². The summed E-state index contributed by atoms with van der Waals surface area (Å²) >= 11 is 0. The van der Waals surface area contributed by atoms with E-state index in [0.29, 0.717) is 40.1 Å². The van der Waals surface area contributed by atoms with Gasteiger partial charge in [-0.05, 0) is 54.5 Å². The molecular formula is C34H38N6O4+2. The van der Waals surface area contributed by atoms with Crippen molar-refractivity contribution in [2.75, 3.05) is 0 Å². The first kappa shape index (κ1) is 31.9. The van der Waals surface area contributed by atoms with Crippen molar-refractivity contribution in [3.63, 3.8) is 0 Å². The average molecular weight is 595 g/mol. The minimum Gasteiger partial charge on any atom is -0.655 e. The Hall–Kier alpha value is -4.99. The second kappa shape index (κ2) is 13.5. The van der Waals surface area contributed by atoms with E-state index in [4.69, 9.17) is 18.6 Å². The summed E-state index contributed by atoms with van der Waals surface area (Å²) in [5.74, 6) is 0.146. The van der Waals surface area contributed by atoms with Crippen LogP contribution in [0.1, 0.15) is 79.4 Å². The van der Waals surface area contributed by atoms with Gasteiger partial charge < -0.3 is 10.1 Å². The van der Waals surface area contributed by atoms with Crippen LogP contribution in [0.5, 0.6) is 0 Å². The van der Waals surface area contributed by atoms with E-state index in [9.17, 15) is 4.79 Å². The summed E-state index contributed by atoms with van der Waals surface area (Å²) in [7, 11) is 0. The van der Waals surface area contributed by atoms with Crippen LogP contribution >= 0.6 is 0 Å². The van der Waals surface area contributed by atoms with Crippen molar-refractivity contribution >= 4 is 23.2 Å². The number of aromatic nitrogens is 4. The summed E-state index contributed by atoms with van der Waals surface area (Å²) in [6, 6.07) is 0. The topological polar surface area (TPSA) is 127 Å². The lowest BCUT2D eigenvalue weighted by Gasteiger charge is -2.33. The monoisotopic (exact) mass is 594 g/mol.